The van der Waals surface area contributed by atoms with Crippen LogP contribution in [0.4, 0.5) is 4.39 Å². The van der Waals surface area contributed by atoms with Crippen molar-refractivity contribution in [2.24, 2.45) is 5.84 Å². The Morgan fingerprint density at radius 2 is 1.90 bits per heavy atom. The third-order valence-electron chi connectivity index (χ3n) is 3.29. The van der Waals surface area contributed by atoms with Gasteiger partial charge < -0.3 is 0 Å². The molecule has 2 nitrogen and oxygen atoms in total. The van der Waals surface area contributed by atoms with Crippen molar-refractivity contribution in [1.29, 1.82) is 0 Å². The molecule has 2 aromatic rings. The van der Waals surface area contributed by atoms with E-state index >= 15 is 0 Å². The number of hydrogen-bond donors (Lipinski definition) is 2. The molecule has 2 aromatic carbocycles. The van der Waals surface area contributed by atoms with E-state index in [1.807, 2.05) is 12.1 Å². The van der Waals surface area contributed by atoms with E-state index in [0.29, 0.717) is 5.56 Å². The molecule has 106 valence electrons. The normalized spacial score (nSPS) is 12.4. The van der Waals surface area contributed by atoms with Gasteiger partial charge in [0.1, 0.15) is 5.82 Å². The van der Waals surface area contributed by atoms with E-state index in [2.05, 4.69) is 40.4 Å². The van der Waals surface area contributed by atoms with Crippen LogP contribution in [0, 0.1) is 5.82 Å². The van der Waals surface area contributed by atoms with Gasteiger partial charge in [0.15, 0.2) is 0 Å². The summed E-state index contributed by atoms with van der Waals surface area (Å²) in [5.74, 6) is 5.35. The third kappa shape index (κ3) is 3.45. The highest BCUT2D eigenvalue weighted by molar-refractivity contribution is 9.10. The van der Waals surface area contributed by atoms with E-state index in [1.54, 1.807) is 12.1 Å². The molecule has 0 radical (unpaired) electrons. The predicted molar refractivity (Wildman–Crippen MR) is 83.7 cm³/mol. The molecule has 0 aromatic heterocycles. The Kier molecular flexibility index (Phi) is 5.29. The van der Waals surface area contributed by atoms with Crippen LogP contribution < -0.4 is 11.3 Å². The van der Waals surface area contributed by atoms with Crippen LogP contribution in [0.3, 0.4) is 0 Å². The molecule has 0 aliphatic heterocycles. The van der Waals surface area contributed by atoms with E-state index in [0.717, 1.165) is 22.9 Å². The van der Waals surface area contributed by atoms with Crippen LogP contribution >= 0.6 is 15.9 Å². The predicted octanol–water partition coefficient (Wildman–Crippen LogP) is 4.09. The van der Waals surface area contributed by atoms with Crippen LogP contribution in [0.25, 0.3) is 0 Å². The van der Waals surface area contributed by atoms with Gasteiger partial charge in [-0.05, 0) is 35.7 Å². The Morgan fingerprint density at radius 3 is 2.50 bits per heavy atom. The van der Waals surface area contributed by atoms with Gasteiger partial charge in [-0.3, -0.25) is 5.84 Å². The lowest BCUT2D eigenvalue weighted by atomic mass is 9.97. The highest BCUT2D eigenvalue weighted by atomic mass is 79.9. The van der Waals surface area contributed by atoms with E-state index in [-0.39, 0.29) is 11.9 Å². The smallest absolute Gasteiger partial charge is 0.128 e. The number of nitrogens with two attached hydrogens (primary N) is 1. The largest absolute Gasteiger partial charge is 0.271 e. The molecule has 0 aliphatic carbocycles. The monoisotopic (exact) mass is 336 g/mol. The fourth-order valence-electron chi connectivity index (χ4n) is 2.27. The number of halogens is 2. The Hall–Kier alpha value is -1.23. The fourth-order valence-corrected chi connectivity index (χ4v) is 2.65. The minimum absolute atomic E-state index is 0.270. The molecule has 0 bridgehead atoms. The Labute approximate surface area is 127 Å². The number of nitrogens with one attached hydrogen (secondary N) is 1. The summed E-state index contributed by atoms with van der Waals surface area (Å²) < 4.78 is 14.8. The van der Waals surface area contributed by atoms with Gasteiger partial charge >= 0.3 is 0 Å². The zero-order valence-corrected chi connectivity index (χ0v) is 13.0. The number of benzene rings is 2. The van der Waals surface area contributed by atoms with Crippen LogP contribution in [0.2, 0.25) is 0 Å². The topological polar surface area (TPSA) is 38.0 Å². The van der Waals surface area contributed by atoms with Crippen molar-refractivity contribution in [1.82, 2.24) is 5.43 Å². The van der Waals surface area contributed by atoms with Gasteiger partial charge in [-0.1, -0.05) is 53.5 Å². The highest BCUT2D eigenvalue weighted by Crippen LogP contribution is 2.27. The first-order valence-corrected chi connectivity index (χ1v) is 7.45. The molecule has 0 aliphatic rings. The first-order chi connectivity index (χ1) is 9.65. The number of hydrogen-bond acceptors (Lipinski definition) is 2. The molecular weight excluding hydrogens is 319 g/mol. The van der Waals surface area contributed by atoms with Gasteiger partial charge in [0.25, 0.3) is 0 Å². The third-order valence-corrected chi connectivity index (χ3v) is 3.78. The summed E-state index contributed by atoms with van der Waals surface area (Å²) in [4.78, 5) is 0. The molecule has 0 heterocycles. The quantitative estimate of drug-likeness (QED) is 0.637. The van der Waals surface area contributed by atoms with Crippen LogP contribution in [-0.4, -0.2) is 0 Å². The molecule has 4 heteroatoms. The second kappa shape index (κ2) is 6.97. The zero-order valence-electron chi connectivity index (χ0n) is 11.4. The standard InChI is InChI=1S/C16H18BrFN2/c1-2-3-11-4-6-12(7-5-11)16(20-19)14-10-13(17)8-9-15(14)18/h4-10,16,20H,2-3,19H2,1H3. The van der Waals surface area contributed by atoms with Crippen LogP contribution in [0.5, 0.6) is 0 Å². The molecule has 2 rings (SSSR count). The second-order valence-corrected chi connectivity index (χ2v) is 5.67. The maximum Gasteiger partial charge on any atom is 0.128 e. The fraction of sp³-hybridized carbons (Fsp3) is 0.250. The van der Waals surface area contributed by atoms with Gasteiger partial charge in [0, 0.05) is 10.0 Å². The van der Waals surface area contributed by atoms with Crippen molar-refractivity contribution >= 4 is 15.9 Å². The van der Waals surface area contributed by atoms with Crippen molar-refractivity contribution in [3.05, 3.63) is 69.4 Å². The van der Waals surface area contributed by atoms with Gasteiger partial charge in [-0.2, -0.15) is 0 Å². The molecule has 0 amide bonds. The lowest BCUT2D eigenvalue weighted by Gasteiger charge is -2.18. The number of rotatable bonds is 5. The first-order valence-electron chi connectivity index (χ1n) is 6.65. The average Bonchev–Trinajstić information content (AvgIpc) is 2.45. The molecule has 3 N–H and O–H groups in total. The summed E-state index contributed by atoms with van der Waals surface area (Å²) >= 11 is 3.36. The van der Waals surface area contributed by atoms with Crippen molar-refractivity contribution in [3.63, 3.8) is 0 Å². The first kappa shape index (κ1) is 15.2. The number of aryl methyl sites for hydroxylation is 1. The SMILES string of the molecule is CCCc1ccc(C(NN)c2cc(Br)ccc2F)cc1. The molecule has 0 fully saturated rings. The van der Waals surface area contributed by atoms with Crippen molar-refractivity contribution < 1.29 is 4.39 Å². The summed E-state index contributed by atoms with van der Waals surface area (Å²) in [6.07, 6.45) is 2.16. The minimum atomic E-state index is -0.358. The summed E-state index contributed by atoms with van der Waals surface area (Å²) in [6, 6.07) is 12.6. The summed E-state index contributed by atoms with van der Waals surface area (Å²) in [5, 5.41) is 0. The van der Waals surface area contributed by atoms with Crippen LogP contribution in [0.15, 0.2) is 46.9 Å². The maximum atomic E-state index is 14.0. The molecule has 0 saturated carbocycles. The molecular formula is C16H18BrFN2. The molecule has 0 saturated heterocycles. The van der Waals surface area contributed by atoms with Crippen LogP contribution in [-0.2, 0) is 6.42 Å². The van der Waals surface area contributed by atoms with Crippen molar-refractivity contribution in [2.45, 2.75) is 25.8 Å². The lowest BCUT2D eigenvalue weighted by molar-refractivity contribution is 0.559. The molecule has 0 spiro atoms. The highest BCUT2D eigenvalue weighted by Gasteiger charge is 2.16. The maximum absolute atomic E-state index is 14.0. The van der Waals surface area contributed by atoms with Gasteiger partial charge in [0.2, 0.25) is 0 Å². The number of hydrazine groups is 1. The van der Waals surface area contributed by atoms with Gasteiger partial charge in [0.05, 0.1) is 6.04 Å². The molecule has 20 heavy (non-hydrogen) atoms. The second-order valence-electron chi connectivity index (χ2n) is 4.76. The van der Waals surface area contributed by atoms with E-state index in [1.165, 1.54) is 11.6 Å². The van der Waals surface area contributed by atoms with E-state index in [4.69, 9.17) is 5.84 Å². The molecule has 1 unspecified atom stereocenters. The Morgan fingerprint density at radius 1 is 1.20 bits per heavy atom. The Balaban J connectivity index is 2.34. The summed E-state index contributed by atoms with van der Waals surface area (Å²) in [5.41, 5.74) is 5.45. The molecule has 1 atom stereocenters. The Bertz CT molecular complexity index is 569. The zero-order chi connectivity index (χ0) is 14.5. The summed E-state index contributed by atoms with van der Waals surface area (Å²) in [7, 11) is 0. The van der Waals surface area contributed by atoms with E-state index < -0.39 is 0 Å². The van der Waals surface area contributed by atoms with Crippen molar-refractivity contribution in [2.75, 3.05) is 0 Å². The summed E-state index contributed by atoms with van der Waals surface area (Å²) in [6.45, 7) is 2.15. The van der Waals surface area contributed by atoms with E-state index in [9.17, 15) is 4.39 Å². The minimum Gasteiger partial charge on any atom is -0.271 e. The van der Waals surface area contributed by atoms with Crippen LogP contribution in [0.1, 0.15) is 36.1 Å². The van der Waals surface area contributed by atoms with Crippen molar-refractivity contribution in [3.8, 4) is 0 Å². The average molecular weight is 337 g/mol. The lowest BCUT2D eigenvalue weighted by Crippen LogP contribution is -2.29. The van der Waals surface area contributed by atoms with Gasteiger partial charge in [-0.25, -0.2) is 9.82 Å². The van der Waals surface area contributed by atoms with Gasteiger partial charge in [-0.15, -0.1) is 0 Å².